The molecular weight excluding hydrogens is 322 g/mol. The van der Waals surface area contributed by atoms with Gasteiger partial charge in [0.1, 0.15) is 5.60 Å². The molecule has 0 spiro atoms. The average Bonchev–Trinajstić information content (AvgIpc) is 2.52. The van der Waals surface area contributed by atoms with Crippen LogP contribution < -0.4 is 10.2 Å². The number of ether oxygens (including phenoxy) is 2. The molecule has 0 aliphatic carbocycles. The average molecular weight is 349 g/mol. The van der Waals surface area contributed by atoms with Gasteiger partial charge in [0.15, 0.2) is 5.69 Å². The number of anilines is 1. The highest BCUT2D eigenvalue weighted by Crippen LogP contribution is 2.28. The number of hydrogen-bond donors (Lipinski definition) is 1. The summed E-state index contributed by atoms with van der Waals surface area (Å²) >= 11 is 0. The number of nitrogens with one attached hydrogen (secondary N) is 1. The molecule has 138 valence electrons. The van der Waals surface area contributed by atoms with E-state index in [0.717, 1.165) is 18.5 Å². The second-order valence-electron chi connectivity index (χ2n) is 7.54. The lowest BCUT2D eigenvalue weighted by atomic mass is 9.89. The number of pyridine rings is 1. The van der Waals surface area contributed by atoms with E-state index in [2.05, 4.69) is 15.2 Å². The maximum atomic E-state index is 12.0. The minimum absolute atomic E-state index is 0.314. The maximum absolute atomic E-state index is 12.0. The first kappa shape index (κ1) is 19.0. The number of nitrogens with zero attached hydrogens (tertiary/aromatic N) is 2. The SMILES string of the molecule is COC(=O)c1ncccc1N1CCC(C)(NC(=O)OC(C)(C)C)CC1. The van der Waals surface area contributed by atoms with Gasteiger partial charge >= 0.3 is 12.1 Å². The highest BCUT2D eigenvalue weighted by molar-refractivity contribution is 5.93. The zero-order valence-electron chi connectivity index (χ0n) is 15.6. The van der Waals surface area contributed by atoms with Gasteiger partial charge in [0.25, 0.3) is 0 Å². The fourth-order valence-electron chi connectivity index (χ4n) is 2.82. The molecule has 0 atom stereocenters. The first-order valence-corrected chi connectivity index (χ1v) is 8.43. The number of rotatable bonds is 3. The highest BCUT2D eigenvalue weighted by Gasteiger charge is 2.34. The minimum Gasteiger partial charge on any atom is -0.464 e. The fraction of sp³-hybridized carbons (Fsp3) is 0.611. The van der Waals surface area contributed by atoms with E-state index in [1.165, 1.54) is 7.11 Å². The van der Waals surface area contributed by atoms with Crippen LogP contribution in [0.1, 0.15) is 51.0 Å². The van der Waals surface area contributed by atoms with Crippen molar-refractivity contribution in [3.8, 4) is 0 Å². The molecule has 7 nitrogen and oxygen atoms in total. The van der Waals surface area contributed by atoms with E-state index < -0.39 is 17.7 Å². The van der Waals surface area contributed by atoms with Gasteiger partial charge in [-0.1, -0.05) is 0 Å². The number of aromatic nitrogens is 1. The van der Waals surface area contributed by atoms with Crippen molar-refractivity contribution in [3.63, 3.8) is 0 Å². The molecule has 25 heavy (non-hydrogen) atoms. The molecule has 2 rings (SSSR count). The number of hydrogen-bond acceptors (Lipinski definition) is 6. The van der Waals surface area contributed by atoms with Gasteiger partial charge < -0.3 is 19.7 Å². The fourth-order valence-corrected chi connectivity index (χ4v) is 2.82. The first-order chi connectivity index (χ1) is 11.6. The summed E-state index contributed by atoms with van der Waals surface area (Å²) < 4.78 is 10.2. The normalized spacial score (nSPS) is 16.9. The van der Waals surface area contributed by atoms with Gasteiger partial charge in [-0.25, -0.2) is 14.6 Å². The molecule has 1 aliphatic rings. The van der Waals surface area contributed by atoms with Crippen LogP contribution >= 0.6 is 0 Å². The number of amides is 1. The van der Waals surface area contributed by atoms with Crippen LogP contribution in [0.3, 0.4) is 0 Å². The third-order valence-electron chi connectivity index (χ3n) is 4.18. The molecule has 1 aromatic heterocycles. The first-order valence-electron chi connectivity index (χ1n) is 8.43. The Morgan fingerprint density at radius 1 is 1.28 bits per heavy atom. The Bertz CT molecular complexity index is 631. The third-order valence-corrected chi connectivity index (χ3v) is 4.18. The lowest BCUT2D eigenvalue weighted by Gasteiger charge is -2.41. The Morgan fingerprint density at radius 3 is 2.48 bits per heavy atom. The Kier molecular flexibility index (Phi) is 5.55. The number of methoxy groups -OCH3 is 1. The van der Waals surface area contributed by atoms with Crippen molar-refractivity contribution in [1.29, 1.82) is 0 Å². The summed E-state index contributed by atoms with van der Waals surface area (Å²) in [5.74, 6) is -0.448. The second-order valence-corrected chi connectivity index (χ2v) is 7.54. The molecule has 0 aromatic carbocycles. The molecule has 1 N–H and O–H groups in total. The summed E-state index contributed by atoms with van der Waals surface area (Å²) in [5.41, 5.74) is 0.209. The van der Waals surface area contributed by atoms with Crippen LogP contribution in [0.2, 0.25) is 0 Å². The molecule has 1 amide bonds. The summed E-state index contributed by atoms with van der Waals surface area (Å²) in [6, 6.07) is 3.66. The summed E-state index contributed by atoms with van der Waals surface area (Å²) in [6.07, 6.45) is 2.65. The van der Waals surface area contributed by atoms with Crippen LogP contribution in [0.25, 0.3) is 0 Å². The Labute approximate surface area is 148 Å². The van der Waals surface area contributed by atoms with Crippen LogP contribution in [0.15, 0.2) is 18.3 Å². The van der Waals surface area contributed by atoms with Gasteiger partial charge in [0.2, 0.25) is 0 Å². The molecule has 7 heteroatoms. The van der Waals surface area contributed by atoms with Crippen molar-refractivity contribution in [2.75, 3.05) is 25.1 Å². The van der Waals surface area contributed by atoms with Crippen molar-refractivity contribution in [2.24, 2.45) is 0 Å². The predicted molar refractivity (Wildman–Crippen MR) is 94.8 cm³/mol. The number of carbonyl (C=O) groups is 2. The largest absolute Gasteiger partial charge is 0.464 e. The molecule has 0 unspecified atom stereocenters. The standard InChI is InChI=1S/C18H27N3O4/c1-17(2,3)25-16(23)20-18(4)8-11-21(12-9-18)13-7-6-10-19-14(13)15(22)24-5/h6-7,10H,8-9,11-12H2,1-5H3,(H,20,23). The zero-order chi connectivity index (χ0) is 18.7. The highest BCUT2D eigenvalue weighted by atomic mass is 16.6. The molecule has 0 bridgehead atoms. The molecule has 1 fully saturated rings. The van der Waals surface area contributed by atoms with E-state index >= 15 is 0 Å². The van der Waals surface area contributed by atoms with Gasteiger partial charge in [-0.15, -0.1) is 0 Å². The predicted octanol–water partition coefficient (Wildman–Crippen LogP) is 2.75. The molecule has 2 heterocycles. The Morgan fingerprint density at radius 2 is 1.92 bits per heavy atom. The molecule has 1 aliphatic heterocycles. The van der Waals surface area contributed by atoms with Crippen molar-refractivity contribution in [1.82, 2.24) is 10.3 Å². The quantitative estimate of drug-likeness (QED) is 0.845. The molecular formula is C18H27N3O4. The zero-order valence-corrected chi connectivity index (χ0v) is 15.6. The van der Waals surface area contributed by atoms with Gasteiger partial charge in [-0.3, -0.25) is 0 Å². The van der Waals surface area contributed by atoms with Crippen LogP contribution in [0.4, 0.5) is 10.5 Å². The topological polar surface area (TPSA) is 80.8 Å². The van der Waals surface area contributed by atoms with E-state index in [1.807, 2.05) is 33.8 Å². The number of esters is 1. The van der Waals surface area contributed by atoms with Crippen molar-refractivity contribution < 1.29 is 19.1 Å². The third kappa shape index (κ3) is 5.08. The van der Waals surface area contributed by atoms with E-state index in [4.69, 9.17) is 9.47 Å². The van der Waals surface area contributed by atoms with Crippen LogP contribution in [0.5, 0.6) is 0 Å². The van der Waals surface area contributed by atoms with Gasteiger partial charge in [0, 0.05) is 24.8 Å². The van der Waals surface area contributed by atoms with E-state index in [1.54, 1.807) is 12.3 Å². The van der Waals surface area contributed by atoms with Crippen LogP contribution in [-0.4, -0.2) is 48.4 Å². The molecule has 0 saturated carbocycles. The van der Waals surface area contributed by atoms with Gasteiger partial charge in [0.05, 0.1) is 12.8 Å². The summed E-state index contributed by atoms with van der Waals surface area (Å²) in [5, 5.41) is 2.98. The lowest BCUT2D eigenvalue weighted by molar-refractivity contribution is 0.0448. The number of carbonyl (C=O) groups excluding carboxylic acids is 2. The smallest absolute Gasteiger partial charge is 0.408 e. The van der Waals surface area contributed by atoms with E-state index in [9.17, 15) is 9.59 Å². The van der Waals surface area contributed by atoms with Crippen molar-refractivity contribution in [2.45, 2.75) is 51.7 Å². The number of piperidine rings is 1. The maximum Gasteiger partial charge on any atom is 0.408 e. The number of alkyl carbamates (subject to hydrolysis) is 1. The molecule has 1 aromatic rings. The van der Waals surface area contributed by atoms with Gasteiger partial charge in [-0.05, 0) is 52.7 Å². The van der Waals surface area contributed by atoms with Crippen molar-refractivity contribution in [3.05, 3.63) is 24.0 Å². The Hall–Kier alpha value is -2.31. The summed E-state index contributed by atoms with van der Waals surface area (Å²) in [7, 11) is 1.35. The van der Waals surface area contributed by atoms with Crippen molar-refractivity contribution >= 4 is 17.7 Å². The van der Waals surface area contributed by atoms with Gasteiger partial charge in [-0.2, -0.15) is 0 Å². The minimum atomic E-state index is -0.522. The lowest BCUT2D eigenvalue weighted by Crippen LogP contribution is -2.54. The van der Waals surface area contributed by atoms with Crippen LogP contribution in [-0.2, 0) is 9.47 Å². The van der Waals surface area contributed by atoms with E-state index in [0.29, 0.717) is 18.8 Å². The van der Waals surface area contributed by atoms with Crippen LogP contribution in [0, 0.1) is 0 Å². The Balaban J connectivity index is 2.02. The van der Waals surface area contributed by atoms with E-state index in [-0.39, 0.29) is 5.54 Å². The monoisotopic (exact) mass is 349 g/mol. The molecule has 0 radical (unpaired) electrons. The summed E-state index contributed by atoms with van der Waals surface area (Å²) in [6.45, 7) is 8.93. The summed E-state index contributed by atoms with van der Waals surface area (Å²) in [4.78, 5) is 30.2. The molecule has 1 saturated heterocycles. The second kappa shape index (κ2) is 7.29.